The van der Waals surface area contributed by atoms with Gasteiger partial charge in [-0.2, -0.15) is 17.0 Å². The molecule has 0 aromatic rings. The first kappa shape index (κ1) is 10.4. The van der Waals surface area contributed by atoms with Gasteiger partial charge in [0.25, 0.3) is 0 Å². The Bertz CT molecular complexity index is 291. The van der Waals surface area contributed by atoms with E-state index in [-0.39, 0.29) is 10.7 Å². The lowest BCUT2D eigenvalue weighted by molar-refractivity contribution is 0.335. The number of thioether (sulfide) groups is 1. The average Bonchev–Trinajstić information content (AvgIpc) is 2.66. The van der Waals surface area contributed by atoms with Gasteiger partial charge in [-0.3, -0.25) is 0 Å². The molecular weight excluding hydrogens is 190 g/mol. The van der Waals surface area contributed by atoms with Crippen molar-refractivity contribution in [3.63, 3.8) is 0 Å². The highest BCUT2D eigenvalue weighted by atomic mass is 32.2. The van der Waals surface area contributed by atoms with Gasteiger partial charge < -0.3 is 0 Å². The molecule has 0 saturated heterocycles. The second-order valence-corrected chi connectivity index (χ2v) is 7.01. The molecule has 0 bridgehead atoms. The third kappa shape index (κ3) is 1.21. The number of hydrogen-bond donors (Lipinski definition) is 0. The first-order valence-corrected chi connectivity index (χ1v) is 6.63. The summed E-state index contributed by atoms with van der Waals surface area (Å²) >= 11 is 1.89. The second kappa shape index (κ2) is 2.92. The van der Waals surface area contributed by atoms with E-state index in [1.807, 2.05) is 11.8 Å². The summed E-state index contributed by atoms with van der Waals surface area (Å²) in [5.41, 5.74) is 0.516. The number of hydrogen-bond acceptors (Lipinski definition) is 2. The predicted molar refractivity (Wildman–Crippen MR) is 61.0 cm³/mol. The molecule has 4 atom stereocenters. The minimum Gasteiger partial charge on any atom is -0.198 e. The molecule has 0 spiro atoms. The largest absolute Gasteiger partial charge is 0.198 e. The highest BCUT2D eigenvalue weighted by molar-refractivity contribution is 8.00. The second-order valence-electron chi connectivity index (χ2n) is 5.67. The molecule has 0 amide bonds. The van der Waals surface area contributed by atoms with Gasteiger partial charge in [-0.1, -0.05) is 13.8 Å². The molecule has 2 aliphatic carbocycles. The van der Waals surface area contributed by atoms with Gasteiger partial charge in [0.1, 0.15) is 0 Å². The monoisotopic (exact) mass is 209 g/mol. The van der Waals surface area contributed by atoms with Gasteiger partial charge >= 0.3 is 0 Å². The van der Waals surface area contributed by atoms with Crippen molar-refractivity contribution >= 4 is 11.8 Å². The fourth-order valence-electron chi connectivity index (χ4n) is 3.23. The molecule has 2 aliphatic rings. The molecule has 78 valence electrons. The van der Waals surface area contributed by atoms with Crippen molar-refractivity contribution in [2.45, 2.75) is 38.4 Å². The lowest BCUT2D eigenvalue weighted by atomic mass is 9.80. The van der Waals surface area contributed by atoms with E-state index in [1.165, 1.54) is 6.42 Å². The minimum atomic E-state index is 0.212. The van der Waals surface area contributed by atoms with E-state index in [4.69, 9.17) is 0 Å². The smallest absolute Gasteiger partial charge is 0.0670 e. The van der Waals surface area contributed by atoms with Crippen molar-refractivity contribution in [3.05, 3.63) is 0 Å². The van der Waals surface area contributed by atoms with E-state index < -0.39 is 0 Å². The summed E-state index contributed by atoms with van der Waals surface area (Å²) in [5.74, 6) is 1.97. The zero-order chi connectivity index (χ0) is 10.6. The maximum Gasteiger partial charge on any atom is 0.0670 e. The van der Waals surface area contributed by atoms with Crippen LogP contribution in [-0.4, -0.2) is 11.0 Å². The summed E-state index contributed by atoms with van der Waals surface area (Å²) in [4.78, 5) is 0. The van der Waals surface area contributed by atoms with Crippen LogP contribution in [0.4, 0.5) is 0 Å². The molecule has 14 heavy (non-hydrogen) atoms. The number of nitrogens with zero attached hydrogens (tertiary/aromatic N) is 1. The molecule has 0 aliphatic heterocycles. The van der Waals surface area contributed by atoms with Crippen LogP contribution in [0.3, 0.4) is 0 Å². The molecule has 2 fully saturated rings. The Hall–Kier alpha value is -0.160. The van der Waals surface area contributed by atoms with E-state index in [9.17, 15) is 5.26 Å². The molecule has 1 nitrogen and oxygen atoms in total. The third-order valence-electron chi connectivity index (χ3n) is 4.76. The Morgan fingerprint density at radius 1 is 1.29 bits per heavy atom. The Kier molecular flexibility index (Phi) is 2.16. The molecule has 0 heterocycles. The maximum absolute atomic E-state index is 9.20. The number of fused-ring (bicyclic) bond motifs is 1. The fraction of sp³-hybridized carbons (Fsp3) is 0.917. The molecule has 0 aromatic heterocycles. The van der Waals surface area contributed by atoms with Crippen molar-refractivity contribution in [1.29, 1.82) is 5.26 Å². The van der Waals surface area contributed by atoms with E-state index >= 15 is 0 Å². The van der Waals surface area contributed by atoms with Crippen LogP contribution in [0.2, 0.25) is 0 Å². The first-order chi connectivity index (χ1) is 6.45. The van der Waals surface area contributed by atoms with Crippen molar-refractivity contribution < 1.29 is 0 Å². The van der Waals surface area contributed by atoms with Gasteiger partial charge in [-0.15, -0.1) is 0 Å². The quantitative estimate of drug-likeness (QED) is 0.661. The lowest BCUT2D eigenvalue weighted by Gasteiger charge is -2.35. The molecular formula is C12H19NS. The average molecular weight is 209 g/mol. The predicted octanol–water partition coefficient (Wildman–Crippen LogP) is 3.31. The van der Waals surface area contributed by atoms with Crippen molar-refractivity contribution in [3.8, 4) is 6.07 Å². The van der Waals surface area contributed by atoms with E-state index in [2.05, 4.69) is 33.1 Å². The van der Waals surface area contributed by atoms with Crippen molar-refractivity contribution in [2.75, 3.05) is 6.26 Å². The topological polar surface area (TPSA) is 23.8 Å². The fourth-order valence-corrected chi connectivity index (χ4v) is 4.01. The van der Waals surface area contributed by atoms with E-state index in [0.717, 1.165) is 18.3 Å². The van der Waals surface area contributed by atoms with Gasteiger partial charge in [0.05, 0.1) is 12.0 Å². The van der Waals surface area contributed by atoms with Crippen LogP contribution in [0.5, 0.6) is 0 Å². The molecule has 2 saturated carbocycles. The Labute approximate surface area is 91.3 Å². The molecule has 4 unspecified atom stereocenters. The lowest BCUT2D eigenvalue weighted by Crippen LogP contribution is -2.34. The summed E-state index contributed by atoms with van der Waals surface area (Å²) < 4.78 is 0.212. The van der Waals surface area contributed by atoms with Crippen molar-refractivity contribution in [1.82, 2.24) is 0 Å². The molecule has 0 N–H and O–H groups in total. The van der Waals surface area contributed by atoms with Gasteiger partial charge in [-0.05, 0) is 43.3 Å². The third-order valence-corrected chi connectivity index (χ3v) is 6.15. The minimum absolute atomic E-state index is 0.212. The van der Waals surface area contributed by atoms with Gasteiger partial charge in [0.2, 0.25) is 0 Å². The standard InChI is InChI=1S/C12H19NS/c1-11(2)9-5-8(7-13)12(3,14-4)6-10(9)11/h8-10H,5-6H2,1-4H3. The molecule has 0 radical (unpaired) electrons. The maximum atomic E-state index is 9.20. The van der Waals surface area contributed by atoms with E-state index in [1.54, 1.807) is 0 Å². The molecule has 2 rings (SSSR count). The molecule has 2 heteroatoms. The van der Waals surface area contributed by atoms with Gasteiger partial charge in [-0.25, -0.2) is 0 Å². The Morgan fingerprint density at radius 3 is 2.43 bits per heavy atom. The van der Waals surface area contributed by atoms with Gasteiger partial charge in [0, 0.05) is 4.75 Å². The van der Waals surface area contributed by atoms with Crippen LogP contribution in [0.15, 0.2) is 0 Å². The normalized spacial score (nSPS) is 49.2. The summed E-state index contributed by atoms with van der Waals surface area (Å²) in [6.45, 7) is 7.00. The van der Waals surface area contributed by atoms with Gasteiger partial charge in [0.15, 0.2) is 0 Å². The summed E-state index contributed by atoms with van der Waals surface area (Å²) in [7, 11) is 0. The highest BCUT2D eigenvalue weighted by Crippen LogP contribution is 2.69. The van der Waals surface area contributed by atoms with Crippen molar-refractivity contribution in [2.24, 2.45) is 23.2 Å². The zero-order valence-electron chi connectivity index (χ0n) is 9.50. The summed E-state index contributed by atoms with van der Waals surface area (Å²) in [6.07, 6.45) is 4.52. The zero-order valence-corrected chi connectivity index (χ0v) is 10.3. The summed E-state index contributed by atoms with van der Waals surface area (Å²) in [5, 5.41) is 9.20. The van der Waals surface area contributed by atoms with Crippen LogP contribution < -0.4 is 0 Å². The Morgan fingerprint density at radius 2 is 1.93 bits per heavy atom. The van der Waals surface area contributed by atoms with Crippen LogP contribution in [-0.2, 0) is 0 Å². The van der Waals surface area contributed by atoms with E-state index in [0.29, 0.717) is 5.41 Å². The SMILES string of the molecule is CSC1(C)CC2C(CC1C#N)C2(C)C. The number of nitriles is 1. The summed E-state index contributed by atoms with van der Waals surface area (Å²) in [6, 6.07) is 2.52. The van der Waals surface area contributed by atoms with Crippen LogP contribution >= 0.6 is 11.8 Å². The first-order valence-electron chi connectivity index (χ1n) is 5.40. The number of rotatable bonds is 1. The Balaban J connectivity index is 2.20. The highest BCUT2D eigenvalue weighted by Gasteiger charge is 2.63. The van der Waals surface area contributed by atoms with Crippen LogP contribution in [0.1, 0.15) is 33.6 Å². The molecule has 0 aromatic carbocycles. The van der Waals surface area contributed by atoms with Crippen LogP contribution in [0, 0.1) is 34.5 Å². The van der Waals surface area contributed by atoms with Crippen LogP contribution in [0.25, 0.3) is 0 Å².